The average molecular weight is 459 g/mol. The van der Waals surface area contributed by atoms with E-state index in [1.165, 1.54) is 39.5 Å². The molecule has 0 spiro atoms. The van der Waals surface area contributed by atoms with Gasteiger partial charge >= 0.3 is 0 Å². The standard InChI is InChI=1S/C24H30N2O5S/c1-15-4-8-19(9-5-15)32(28,29)22-13-18(30-2)12-21(24(22)31-3)25-14-23(27)26-20-11-16-6-7-17(20)10-16/h4-5,8-9,12-13,16-17,20,25H,6-7,10-11,14H2,1-3H3,(H,26,27). The van der Waals surface area contributed by atoms with E-state index in [1.807, 2.05) is 6.92 Å². The summed E-state index contributed by atoms with van der Waals surface area (Å²) in [5, 5.41) is 6.18. The minimum Gasteiger partial charge on any atom is -0.497 e. The van der Waals surface area contributed by atoms with Gasteiger partial charge in [0.25, 0.3) is 0 Å². The van der Waals surface area contributed by atoms with Crippen molar-refractivity contribution in [1.82, 2.24) is 5.32 Å². The summed E-state index contributed by atoms with van der Waals surface area (Å²) in [4.78, 5) is 12.7. The van der Waals surface area contributed by atoms with E-state index in [0.717, 1.165) is 17.9 Å². The molecule has 3 atom stereocenters. The molecule has 2 bridgehead atoms. The lowest BCUT2D eigenvalue weighted by Gasteiger charge is -2.23. The molecule has 2 fully saturated rings. The molecule has 172 valence electrons. The summed E-state index contributed by atoms with van der Waals surface area (Å²) >= 11 is 0. The van der Waals surface area contributed by atoms with E-state index in [-0.39, 0.29) is 34.0 Å². The Morgan fingerprint density at radius 3 is 2.41 bits per heavy atom. The molecule has 32 heavy (non-hydrogen) atoms. The number of carbonyl (C=O) groups excluding carboxylic acids is 1. The van der Waals surface area contributed by atoms with Gasteiger partial charge in [-0.3, -0.25) is 4.79 Å². The van der Waals surface area contributed by atoms with E-state index in [0.29, 0.717) is 17.4 Å². The molecule has 3 unspecified atom stereocenters. The van der Waals surface area contributed by atoms with Crippen LogP contribution in [0.25, 0.3) is 0 Å². The zero-order valence-corrected chi connectivity index (χ0v) is 19.5. The van der Waals surface area contributed by atoms with Gasteiger partial charge in [-0.05, 0) is 50.2 Å². The van der Waals surface area contributed by atoms with Crippen LogP contribution in [0.15, 0.2) is 46.2 Å². The topological polar surface area (TPSA) is 93.7 Å². The predicted molar refractivity (Wildman–Crippen MR) is 122 cm³/mol. The van der Waals surface area contributed by atoms with Crippen molar-refractivity contribution in [1.29, 1.82) is 0 Å². The van der Waals surface area contributed by atoms with Gasteiger partial charge in [0.05, 0.1) is 31.3 Å². The number of fused-ring (bicyclic) bond motifs is 2. The maximum absolute atomic E-state index is 13.3. The summed E-state index contributed by atoms with van der Waals surface area (Å²) in [6.07, 6.45) is 4.72. The lowest BCUT2D eigenvalue weighted by molar-refractivity contribution is -0.120. The molecule has 1 amide bonds. The van der Waals surface area contributed by atoms with Crippen LogP contribution in [-0.2, 0) is 14.6 Å². The van der Waals surface area contributed by atoms with E-state index < -0.39 is 9.84 Å². The number of methoxy groups -OCH3 is 2. The Labute approximate surface area is 189 Å². The van der Waals surface area contributed by atoms with Gasteiger partial charge in [0.15, 0.2) is 5.75 Å². The summed E-state index contributed by atoms with van der Waals surface area (Å²) in [5.74, 6) is 1.72. The zero-order chi connectivity index (χ0) is 22.9. The average Bonchev–Trinajstić information content (AvgIpc) is 3.40. The van der Waals surface area contributed by atoms with Gasteiger partial charge in [0.2, 0.25) is 15.7 Å². The second-order valence-electron chi connectivity index (χ2n) is 8.73. The molecule has 0 aliphatic heterocycles. The van der Waals surface area contributed by atoms with Crippen molar-refractivity contribution in [2.24, 2.45) is 11.8 Å². The number of aryl methyl sites for hydroxylation is 1. The molecular weight excluding hydrogens is 428 g/mol. The number of amides is 1. The van der Waals surface area contributed by atoms with E-state index in [2.05, 4.69) is 10.6 Å². The molecule has 2 aromatic rings. The van der Waals surface area contributed by atoms with Crippen LogP contribution in [0.2, 0.25) is 0 Å². The van der Waals surface area contributed by atoms with Crippen LogP contribution in [0, 0.1) is 18.8 Å². The summed E-state index contributed by atoms with van der Waals surface area (Å²) in [7, 11) is -0.981. The Hall–Kier alpha value is -2.74. The number of carbonyl (C=O) groups is 1. The van der Waals surface area contributed by atoms with Gasteiger partial charge in [-0.1, -0.05) is 24.1 Å². The van der Waals surface area contributed by atoms with Crippen molar-refractivity contribution >= 4 is 21.4 Å². The molecule has 0 radical (unpaired) electrons. The van der Waals surface area contributed by atoms with E-state index in [9.17, 15) is 13.2 Å². The van der Waals surface area contributed by atoms with Crippen LogP contribution in [0.1, 0.15) is 31.2 Å². The minimum absolute atomic E-state index is 0.0146. The van der Waals surface area contributed by atoms with Gasteiger partial charge in [0.1, 0.15) is 10.6 Å². The van der Waals surface area contributed by atoms with Crippen LogP contribution >= 0.6 is 0 Å². The first-order valence-corrected chi connectivity index (χ1v) is 12.4. The molecule has 7 nitrogen and oxygen atoms in total. The monoisotopic (exact) mass is 458 g/mol. The largest absolute Gasteiger partial charge is 0.497 e. The Morgan fingerprint density at radius 2 is 1.81 bits per heavy atom. The molecule has 2 aliphatic carbocycles. The Balaban J connectivity index is 1.57. The molecular formula is C24H30N2O5S. The highest BCUT2D eigenvalue weighted by molar-refractivity contribution is 7.91. The number of nitrogens with one attached hydrogen (secondary N) is 2. The number of hydrogen-bond donors (Lipinski definition) is 2. The summed E-state index contributed by atoms with van der Waals surface area (Å²) in [5.41, 5.74) is 1.35. The number of benzene rings is 2. The van der Waals surface area contributed by atoms with Crippen molar-refractivity contribution in [2.45, 2.75) is 48.4 Å². The van der Waals surface area contributed by atoms with Crippen LogP contribution < -0.4 is 20.1 Å². The van der Waals surface area contributed by atoms with Gasteiger partial charge in [-0.15, -0.1) is 0 Å². The third-order valence-corrected chi connectivity index (χ3v) is 8.39. The molecule has 2 aliphatic rings. The molecule has 2 saturated carbocycles. The Morgan fingerprint density at radius 1 is 1.06 bits per heavy atom. The second kappa shape index (κ2) is 9.02. The van der Waals surface area contributed by atoms with E-state index in [4.69, 9.17) is 9.47 Å². The number of hydrogen-bond acceptors (Lipinski definition) is 6. The fourth-order valence-corrected chi connectivity index (χ4v) is 6.39. The fraction of sp³-hybridized carbons (Fsp3) is 0.458. The van der Waals surface area contributed by atoms with Crippen molar-refractivity contribution in [2.75, 3.05) is 26.1 Å². The third kappa shape index (κ3) is 4.41. The molecule has 0 aromatic heterocycles. The molecule has 4 rings (SSSR count). The van der Waals surface area contributed by atoms with Gasteiger partial charge in [-0.2, -0.15) is 0 Å². The number of rotatable bonds is 8. The molecule has 0 heterocycles. The maximum Gasteiger partial charge on any atom is 0.239 e. The van der Waals surface area contributed by atoms with Crippen LogP contribution in [0.5, 0.6) is 11.5 Å². The summed E-state index contributed by atoms with van der Waals surface area (Å²) in [6.45, 7) is 1.91. The normalized spacial score (nSPS) is 21.9. The molecule has 2 N–H and O–H groups in total. The zero-order valence-electron chi connectivity index (χ0n) is 18.7. The smallest absolute Gasteiger partial charge is 0.239 e. The summed E-state index contributed by atoms with van der Waals surface area (Å²) in [6, 6.07) is 9.95. The van der Waals surface area contributed by atoms with Crippen molar-refractivity contribution < 1.29 is 22.7 Å². The van der Waals surface area contributed by atoms with Crippen LogP contribution in [-0.4, -0.2) is 41.1 Å². The third-order valence-electron chi connectivity index (χ3n) is 6.61. The van der Waals surface area contributed by atoms with Gasteiger partial charge < -0.3 is 20.1 Å². The first-order chi connectivity index (χ1) is 15.3. The van der Waals surface area contributed by atoms with Crippen molar-refractivity contribution in [3.8, 4) is 11.5 Å². The first-order valence-electron chi connectivity index (χ1n) is 10.9. The number of sulfone groups is 1. The Bertz CT molecular complexity index is 1100. The maximum atomic E-state index is 13.3. The molecule has 0 saturated heterocycles. The van der Waals surface area contributed by atoms with Crippen molar-refractivity contribution in [3.63, 3.8) is 0 Å². The van der Waals surface area contributed by atoms with Gasteiger partial charge in [-0.25, -0.2) is 8.42 Å². The van der Waals surface area contributed by atoms with E-state index >= 15 is 0 Å². The summed E-state index contributed by atoms with van der Waals surface area (Å²) < 4.78 is 37.5. The predicted octanol–water partition coefficient (Wildman–Crippen LogP) is 3.56. The highest BCUT2D eigenvalue weighted by Crippen LogP contribution is 2.44. The second-order valence-corrected chi connectivity index (χ2v) is 10.6. The van der Waals surface area contributed by atoms with Crippen LogP contribution in [0.3, 0.4) is 0 Å². The SMILES string of the molecule is COc1cc(NCC(=O)NC2CC3CCC2C3)c(OC)c(S(=O)(=O)c2ccc(C)cc2)c1. The van der Waals surface area contributed by atoms with Crippen LogP contribution in [0.4, 0.5) is 5.69 Å². The van der Waals surface area contributed by atoms with E-state index in [1.54, 1.807) is 30.3 Å². The highest BCUT2D eigenvalue weighted by atomic mass is 32.2. The lowest BCUT2D eigenvalue weighted by atomic mass is 9.95. The van der Waals surface area contributed by atoms with Crippen molar-refractivity contribution in [3.05, 3.63) is 42.0 Å². The molecule has 2 aromatic carbocycles. The number of ether oxygens (including phenoxy) is 2. The first kappa shape index (κ1) is 22.5. The quantitative estimate of drug-likeness (QED) is 0.628. The minimum atomic E-state index is -3.86. The highest BCUT2D eigenvalue weighted by Gasteiger charge is 2.40. The molecule has 8 heteroatoms. The van der Waals surface area contributed by atoms with Gasteiger partial charge in [0, 0.05) is 18.2 Å². The fourth-order valence-electron chi connectivity index (χ4n) is 4.94. The lowest BCUT2D eigenvalue weighted by Crippen LogP contribution is -2.41. The number of anilines is 1. The Kier molecular flexibility index (Phi) is 6.33.